The van der Waals surface area contributed by atoms with E-state index in [4.69, 9.17) is 0 Å². The lowest BCUT2D eigenvalue weighted by Gasteiger charge is -2.35. The van der Waals surface area contributed by atoms with Gasteiger partial charge in [-0.25, -0.2) is 0 Å². The zero-order valence-electron chi connectivity index (χ0n) is 16.0. The van der Waals surface area contributed by atoms with Gasteiger partial charge in [0, 0.05) is 38.8 Å². The van der Waals surface area contributed by atoms with Gasteiger partial charge in [-0.1, -0.05) is 32.1 Å². The molecule has 24 heavy (non-hydrogen) atoms. The van der Waals surface area contributed by atoms with E-state index in [2.05, 4.69) is 34.4 Å². The van der Waals surface area contributed by atoms with Gasteiger partial charge in [0.15, 0.2) is 5.96 Å². The molecule has 1 aliphatic heterocycles. The van der Waals surface area contributed by atoms with E-state index in [0.29, 0.717) is 12.1 Å². The van der Waals surface area contributed by atoms with Crippen LogP contribution in [0.2, 0.25) is 0 Å². The van der Waals surface area contributed by atoms with Gasteiger partial charge in [0.2, 0.25) is 0 Å². The molecule has 5 heteroatoms. The molecule has 142 valence electrons. The van der Waals surface area contributed by atoms with E-state index in [1.807, 2.05) is 7.05 Å². The van der Waals surface area contributed by atoms with Crippen molar-refractivity contribution >= 4 is 29.9 Å². The molecule has 1 aliphatic carbocycles. The molecule has 0 aromatic heterocycles. The molecule has 0 bridgehead atoms. The highest BCUT2D eigenvalue weighted by Crippen LogP contribution is 2.26. The summed E-state index contributed by atoms with van der Waals surface area (Å²) in [6.45, 7) is 8.05. The SMILES string of the molecule is CN=C(NCCCC1CCCCC1)NC1CCN(C(C)C)CC1.I. The molecule has 0 atom stereocenters. The second-order valence-electron chi connectivity index (χ2n) is 7.69. The van der Waals surface area contributed by atoms with Crippen LogP contribution in [0, 0.1) is 5.92 Å². The minimum atomic E-state index is 0. The Morgan fingerprint density at radius 3 is 2.33 bits per heavy atom. The average Bonchev–Trinajstić information content (AvgIpc) is 2.59. The van der Waals surface area contributed by atoms with Crippen molar-refractivity contribution in [1.29, 1.82) is 0 Å². The first-order valence-electron chi connectivity index (χ1n) is 9.90. The van der Waals surface area contributed by atoms with Crippen LogP contribution in [0.3, 0.4) is 0 Å². The Hall–Kier alpha value is -0.0400. The lowest BCUT2D eigenvalue weighted by atomic mass is 9.86. The number of hydrogen-bond donors (Lipinski definition) is 2. The van der Waals surface area contributed by atoms with Crippen LogP contribution in [0.15, 0.2) is 4.99 Å². The van der Waals surface area contributed by atoms with Crippen LogP contribution >= 0.6 is 24.0 Å². The maximum atomic E-state index is 4.40. The van der Waals surface area contributed by atoms with Crippen LogP contribution in [-0.2, 0) is 0 Å². The first kappa shape index (κ1) is 22.0. The van der Waals surface area contributed by atoms with Crippen LogP contribution in [-0.4, -0.2) is 49.6 Å². The van der Waals surface area contributed by atoms with Gasteiger partial charge in [0.1, 0.15) is 0 Å². The summed E-state index contributed by atoms with van der Waals surface area (Å²) in [5.41, 5.74) is 0. The van der Waals surface area contributed by atoms with Crippen LogP contribution < -0.4 is 10.6 Å². The maximum absolute atomic E-state index is 4.40. The quantitative estimate of drug-likeness (QED) is 0.278. The Kier molecular flexibility index (Phi) is 11.3. The number of rotatable bonds is 6. The molecular formula is C19H39IN4. The fraction of sp³-hybridized carbons (Fsp3) is 0.947. The Morgan fingerprint density at radius 2 is 1.75 bits per heavy atom. The number of guanidine groups is 1. The lowest BCUT2D eigenvalue weighted by Crippen LogP contribution is -2.50. The summed E-state index contributed by atoms with van der Waals surface area (Å²) in [5, 5.41) is 7.13. The van der Waals surface area contributed by atoms with Crippen molar-refractivity contribution in [2.24, 2.45) is 10.9 Å². The number of piperidine rings is 1. The van der Waals surface area contributed by atoms with Gasteiger partial charge in [-0.2, -0.15) is 0 Å². The molecule has 2 N–H and O–H groups in total. The molecule has 1 saturated carbocycles. The van der Waals surface area contributed by atoms with E-state index < -0.39 is 0 Å². The van der Waals surface area contributed by atoms with Crippen molar-refractivity contribution in [3.63, 3.8) is 0 Å². The molecule has 0 spiro atoms. The molecule has 0 aromatic carbocycles. The first-order valence-corrected chi connectivity index (χ1v) is 9.90. The summed E-state index contributed by atoms with van der Waals surface area (Å²) in [4.78, 5) is 6.97. The molecule has 1 heterocycles. The molecule has 0 aromatic rings. The predicted octanol–water partition coefficient (Wildman–Crippen LogP) is 4.00. The Labute approximate surface area is 166 Å². The van der Waals surface area contributed by atoms with Gasteiger partial charge in [0.05, 0.1) is 0 Å². The fourth-order valence-corrected chi connectivity index (χ4v) is 4.02. The van der Waals surface area contributed by atoms with Crippen LogP contribution in [0.1, 0.15) is 71.6 Å². The number of nitrogens with zero attached hydrogens (tertiary/aromatic N) is 2. The summed E-state index contributed by atoms with van der Waals surface area (Å²) in [7, 11) is 1.89. The highest BCUT2D eigenvalue weighted by molar-refractivity contribution is 14.0. The largest absolute Gasteiger partial charge is 0.356 e. The molecule has 4 nitrogen and oxygen atoms in total. The molecule has 2 fully saturated rings. The Morgan fingerprint density at radius 1 is 1.08 bits per heavy atom. The number of likely N-dealkylation sites (tertiary alicyclic amines) is 1. The smallest absolute Gasteiger partial charge is 0.191 e. The molecule has 0 radical (unpaired) electrons. The van der Waals surface area contributed by atoms with Crippen LogP contribution in [0.4, 0.5) is 0 Å². The summed E-state index contributed by atoms with van der Waals surface area (Å²) in [6.07, 6.45) is 12.4. The Balaban J connectivity index is 0.00000288. The second kappa shape index (κ2) is 12.3. The third-order valence-electron chi connectivity index (χ3n) is 5.63. The van der Waals surface area contributed by atoms with E-state index in [0.717, 1.165) is 18.4 Å². The van der Waals surface area contributed by atoms with Crippen molar-refractivity contribution in [1.82, 2.24) is 15.5 Å². The number of aliphatic imine (C=N–C) groups is 1. The van der Waals surface area contributed by atoms with Crippen molar-refractivity contribution in [2.75, 3.05) is 26.7 Å². The summed E-state index contributed by atoms with van der Waals surface area (Å²) in [5.74, 6) is 1.98. The van der Waals surface area contributed by atoms with Gasteiger partial charge in [-0.15, -0.1) is 24.0 Å². The second-order valence-corrected chi connectivity index (χ2v) is 7.69. The third-order valence-corrected chi connectivity index (χ3v) is 5.63. The summed E-state index contributed by atoms with van der Waals surface area (Å²) < 4.78 is 0. The maximum Gasteiger partial charge on any atom is 0.191 e. The minimum Gasteiger partial charge on any atom is -0.356 e. The molecule has 2 rings (SSSR count). The van der Waals surface area contributed by atoms with Crippen LogP contribution in [0.25, 0.3) is 0 Å². The average molecular weight is 450 g/mol. The van der Waals surface area contributed by atoms with Crippen molar-refractivity contribution in [2.45, 2.75) is 83.7 Å². The molecule has 0 amide bonds. The minimum absolute atomic E-state index is 0. The van der Waals surface area contributed by atoms with Crippen LogP contribution in [0.5, 0.6) is 0 Å². The molecule has 2 aliphatic rings. The van der Waals surface area contributed by atoms with Crippen molar-refractivity contribution in [3.8, 4) is 0 Å². The highest BCUT2D eigenvalue weighted by Gasteiger charge is 2.21. The van der Waals surface area contributed by atoms with Gasteiger partial charge in [-0.05, 0) is 45.4 Å². The third kappa shape index (κ3) is 7.89. The van der Waals surface area contributed by atoms with Gasteiger partial charge >= 0.3 is 0 Å². The van der Waals surface area contributed by atoms with Crippen molar-refractivity contribution in [3.05, 3.63) is 0 Å². The number of halogens is 1. The van der Waals surface area contributed by atoms with Crippen molar-refractivity contribution < 1.29 is 0 Å². The topological polar surface area (TPSA) is 39.7 Å². The summed E-state index contributed by atoms with van der Waals surface area (Å²) >= 11 is 0. The Bertz CT molecular complexity index is 345. The first-order chi connectivity index (χ1) is 11.2. The predicted molar refractivity (Wildman–Crippen MR) is 115 cm³/mol. The lowest BCUT2D eigenvalue weighted by molar-refractivity contribution is 0.167. The van der Waals surface area contributed by atoms with E-state index in [-0.39, 0.29) is 24.0 Å². The molecular weight excluding hydrogens is 411 g/mol. The zero-order chi connectivity index (χ0) is 16.5. The molecule has 1 saturated heterocycles. The van der Waals surface area contributed by atoms with E-state index in [1.54, 1.807) is 0 Å². The zero-order valence-corrected chi connectivity index (χ0v) is 18.4. The highest BCUT2D eigenvalue weighted by atomic mass is 127. The normalized spacial score (nSPS) is 21.6. The van der Waals surface area contributed by atoms with E-state index >= 15 is 0 Å². The standard InChI is InChI=1S/C19H38N4.HI/c1-16(2)23-14-11-18(12-15-23)22-19(20-3)21-13-7-10-17-8-5-4-6-9-17;/h16-18H,4-15H2,1-3H3,(H2,20,21,22);1H. The monoisotopic (exact) mass is 450 g/mol. The van der Waals surface area contributed by atoms with E-state index in [1.165, 1.54) is 70.9 Å². The van der Waals surface area contributed by atoms with Gasteiger partial charge in [-0.3, -0.25) is 4.99 Å². The number of hydrogen-bond acceptors (Lipinski definition) is 2. The summed E-state index contributed by atoms with van der Waals surface area (Å²) in [6, 6.07) is 1.25. The van der Waals surface area contributed by atoms with E-state index in [9.17, 15) is 0 Å². The molecule has 0 unspecified atom stereocenters. The fourth-order valence-electron chi connectivity index (χ4n) is 4.02. The van der Waals surface area contributed by atoms with Gasteiger partial charge < -0.3 is 15.5 Å². The number of nitrogens with one attached hydrogen (secondary N) is 2. The van der Waals surface area contributed by atoms with Gasteiger partial charge in [0.25, 0.3) is 0 Å².